The SMILES string of the molecule is O=C(C[C@@H]1NC(=O)N(CCc2ccccc2)C1=O)NCCn1ccc2ccccc21. The standard InChI is InChI=1S/C23H24N4O3/c28-21(24-12-15-26-13-11-18-8-4-5-9-20(18)26)16-19-22(29)27(23(30)25-19)14-10-17-6-2-1-3-7-17/h1-9,11,13,19H,10,12,14-16H2,(H,24,28)(H,25,30)/t19-/m0/s1. The van der Waals surface area contributed by atoms with Gasteiger partial charge in [-0.2, -0.15) is 0 Å². The highest BCUT2D eigenvalue weighted by atomic mass is 16.2. The number of nitrogens with one attached hydrogen (secondary N) is 2. The Bertz CT molecular complexity index is 1060. The predicted octanol–water partition coefficient (Wildman–Crippen LogP) is 2.31. The number of nitrogens with zero attached hydrogens (tertiary/aromatic N) is 2. The number of fused-ring (bicyclic) bond motifs is 1. The fraction of sp³-hybridized carbons (Fsp3) is 0.261. The second-order valence-corrected chi connectivity index (χ2v) is 7.35. The lowest BCUT2D eigenvalue weighted by molar-refractivity contribution is -0.130. The quantitative estimate of drug-likeness (QED) is 0.565. The highest BCUT2D eigenvalue weighted by Crippen LogP contribution is 2.15. The van der Waals surface area contributed by atoms with E-state index in [4.69, 9.17) is 0 Å². The van der Waals surface area contributed by atoms with Gasteiger partial charge in [0.05, 0.1) is 6.42 Å². The van der Waals surface area contributed by atoms with Gasteiger partial charge in [0.15, 0.2) is 0 Å². The summed E-state index contributed by atoms with van der Waals surface area (Å²) in [5.74, 6) is -0.600. The second kappa shape index (κ2) is 8.82. The average Bonchev–Trinajstić information content (AvgIpc) is 3.28. The van der Waals surface area contributed by atoms with Gasteiger partial charge in [-0.3, -0.25) is 14.5 Å². The molecule has 1 fully saturated rings. The van der Waals surface area contributed by atoms with Gasteiger partial charge in [-0.1, -0.05) is 48.5 Å². The Labute approximate surface area is 174 Å². The Kier molecular flexibility index (Phi) is 5.79. The summed E-state index contributed by atoms with van der Waals surface area (Å²) >= 11 is 0. The highest BCUT2D eigenvalue weighted by molar-refractivity contribution is 6.05. The van der Waals surface area contributed by atoms with Gasteiger partial charge in [0, 0.05) is 31.3 Å². The maximum atomic E-state index is 12.5. The lowest BCUT2D eigenvalue weighted by atomic mass is 10.1. The largest absolute Gasteiger partial charge is 0.354 e. The molecule has 2 heterocycles. The maximum absolute atomic E-state index is 12.5. The van der Waals surface area contributed by atoms with Gasteiger partial charge >= 0.3 is 6.03 Å². The number of rotatable bonds is 8. The Morgan fingerprint density at radius 3 is 2.57 bits per heavy atom. The molecular weight excluding hydrogens is 380 g/mol. The summed E-state index contributed by atoms with van der Waals surface area (Å²) in [5.41, 5.74) is 2.16. The number of urea groups is 1. The van der Waals surface area contributed by atoms with Crippen molar-refractivity contribution < 1.29 is 14.4 Å². The maximum Gasteiger partial charge on any atom is 0.324 e. The van der Waals surface area contributed by atoms with Crippen LogP contribution in [0.25, 0.3) is 10.9 Å². The minimum Gasteiger partial charge on any atom is -0.354 e. The monoisotopic (exact) mass is 404 g/mol. The number of amides is 4. The minimum absolute atomic E-state index is 0.0567. The van der Waals surface area contributed by atoms with Crippen LogP contribution < -0.4 is 10.6 Å². The van der Waals surface area contributed by atoms with Crippen molar-refractivity contribution in [1.29, 1.82) is 0 Å². The van der Waals surface area contributed by atoms with E-state index in [9.17, 15) is 14.4 Å². The van der Waals surface area contributed by atoms with Crippen molar-refractivity contribution >= 4 is 28.7 Å². The number of benzene rings is 2. The lowest BCUT2D eigenvalue weighted by Crippen LogP contribution is -2.37. The third kappa shape index (κ3) is 4.35. The van der Waals surface area contributed by atoms with Crippen molar-refractivity contribution in [2.45, 2.75) is 25.4 Å². The number of para-hydroxylation sites is 1. The zero-order chi connectivity index (χ0) is 20.9. The number of carbonyl (C=O) groups excluding carboxylic acids is 3. The molecule has 30 heavy (non-hydrogen) atoms. The normalized spacial score (nSPS) is 16.1. The second-order valence-electron chi connectivity index (χ2n) is 7.35. The smallest absolute Gasteiger partial charge is 0.324 e. The van der Waals surface area contributed by atoms with Crippen LogP contribution in [-0.2, 0) is 22.6 Å². The van der Waals surface area contributed by atoms with E-state index in [2.05, 4.69) is 15.2 Å². The fourth-order valence-electron chi connectivity index (χ4n) is 3.72. The molecule has 0 saturated carbocycles. The topological polar surface area (TPSA) is 83.4 Å². The van der Waals surface area contributed by atoms with Gasteiger partial charge in [0.2, 0.25) is 5.91 Å². The number of carbonyl (C=O) groups is 3. The van der Waals surface area contributed by atoms with Crippen LogP contribution in [0, 0.1) is 0 Å². The fourth-order valence-corrected chi connectivity index (χ4v) is 3.72. The number of hydrogen-bond acceptors (Lipinski definition) is 3. The molecule has 2 N–H and O–H groups in total. The summed E-state index contributed by atoms with van der Waals surface area (Å²) in [7, 11) is 0. The lowest BCUT2D eigenvalue weighted by Gasteiger charge is -2.13. The van der Waals surface area contributed by atoms with Crippen molar-refractivity contribution in [3.8, 4) is 0 Å². The van der Waals surface area contributed by atoms with Crippen LogP contribution in [0.1, 0.15) is 12.0 Å². The molecule has 0 aliphatic carbocycles. The van der Waals surface area contributed by atoms with E-state index in [0.717, 1.165) is 16.5 Å². The third-order valence-electron chi connectivity index (χ3n) is 5.32. The summed E-state index contributed by atoms with van der Waals surface area (Å²) in [5, 5.41) is 6.61. The molecule has 4 amide bonds. The number of aromatic nitrogens is 1. The van der Waals surface area contributed by atoms with Crippen molar-refractivity contribution in [2.24, 2.45) is 0 Å². The molecule has 154 valence electrons. The molecule has 1 aromatic heterocycles. The van der Waals surface area contributed by atoms with Gasteiger partial charge in [-0.15, -0.1) is 0 Å². The van der Waals surface area contributed by atoms with E-state index >= 15 is 0 Å². The summed E-state index contributed by atoms with van der Waals surface area (Å²) in [6.45, 7) is 1.38. The molecule has 7 heteroatoms. The molecule has 2 aromatic carbocycles. The van der Waals surface area contributed by atoms with Crippen molar-refractivity contribution in [3.05, 3.63) is 72.4 Å². The number of hydrogen-bond donors (Lipinski definition) is 2. The van der Waals surface area contributed by atoms with E-state index in [1.165, 1.54) is 4.90 Å². The molecular formula is C23H24N4O3. The van der Waals surface area contributed by atoms with Crippen molar-refractivity contribution in [2.75, 3.05) is 13.1 Å². The zero-order valence-corrected chi connectivity index (χ0v) is 16.6. The van der Waals surface area contributed by atoms with Gasteiger partial charge in [-0.25, -0.2) is 4.79 Å². The van der Waals surface area contributed by atoms with Gasteiger partial charge in [-0.05, 0) is 29.5 Å². The first kappa shape index (κ1) is 19.7. The van der Waals surface area contributed by atoms with Crippen LogP contribution in [0.5, 0.6) is 0 Å². The first-order chi connectivity index (χ1) is 14.6. The average molecular weight is 404 g/mol. The molecule has 4 rings (SSSR count). The van der Waals surface area contributed by atoms with Gasteiger partial charge in [0.1, 0.15) is 6.04 Å². The molecule has 1 saturated heterocycles. The van der Waals surface area contributed by atoms with Crippen LogP contribution >= 0.6 is 0 Å². The van der Waals surface area contributed by atoms with E-state index in [0.29, 0.717) is 26.1 Å². The van der Waals surface area contributed by atoms with E-state index in [-0.39, 0.29) is 18.2 Å². The van der Waals surface area contributed by atoms with Crippen molar-refractivity contribution in [3.63, 3.8) is 0 Å². The third-order valence-corrected chi connectivity index (χ3v) is 5.32. The molecule has 3 aromatic rings. The van der Waals surface area contributed by atoms with Crippen LogP contribution in [0.4, 0.5) is 4.79 Å². The van der Waals surface area contributed by atoms with Crippen LogP contribution in [-0.4, -0.2) is 46.4 Å². The molecule has 7 nitrogen and oxygen atoms in total. The Morgan fingerprint density at radius 1 is 0.967 bits per heavy atom. The Balaban J connectivity index is 1.25. The highest BCUT2D eigenvalue weighted by Gasteiger charge is 2.38. The van der Waals surface area contributed by atoms with E-state index in [1.54, 1.807) is 0 Å². The van der Waals surface area contributed by atoms with Crippen molar-refractivity contribution in [1.82, 2.24) is 20.1 Å². The molecule has 0 unspecified atom stereocenters. The zero-order valence-electron chi connectivity index (χ0n) is 16.6. The number of imide groups is 1. The summed E-state index contributed by atoms with van der Waals surface area (Å²) < 4.78 is 2.07. The molecule has 0 radical (unpaired) electrons. The van der Waals surface area contributed by atoms with Gasteiger partial charge < -0.3 is 15.2 Å². The molecule has 0 spiro atoms. The summed E-state index contributed by atoms with van der Waals surface area (Å²) in [6, 6.07) is 18.5. The first-order valence-corrected chi connectivity index (χ1v) is 10.1. The summed E-state index contributed by atoms with van der Waals surface area (Å²) in [6.07, 6.45) is 2.52. The van der Waals surface area contributed by atoms with E-state index < -0.39 is 12.1 Å². The van der Waals surface area contributed by atoms with Crippen LogP contribution in [0.3, 0.4) is 0 Å². The Morgan fingerprint density at radius 2 is 1.73 bits per heavy atom. The summed E-state index contributed by atoms with van der Waals surface area (Å²) in [4.78, 5) is 38.2. The van der Waals surface area contributed by atoms with Crippen LogP contribution in [0.15, 0.2) is 66.9 Å². The molecule has 1 aliphatic rings. The Hall–Kier alpha value is -3.61. The van der Waals surface area contributed by atoms with Crippen LogP contribution in [0.2, 0.25) is 0 Å². The molecule has 0 bridgehead atoms. The van der Waals surface area contributed by atoms with Gasteiger partial charge in [0.25, 0.3) is 5.91 Å². The first-order valence-electron chi connectivity index (χ1n) is 10.1. The molecule has 1 atom stereocenters. The predicted molar refractivity (Wildman–Crippen MR) is 114 cm³/mol. The van der Waals surface area contributed by atoms with E-state index in [1.807, 2.05) is 66.9 Å². The molecule has 1 aliphatic heterocycles. The minimum atomic E-state index is -0.805.